The van der Waals surface area contributed by atoms with E-state index in [1.807, 2.05) is 12.1 Å². The van der Waals surface area contributed by atoms with Crippen molar-refractivity contribution in [3.05, 3.63) is 169 Å². The third kappa shape index (κ3) is 4.84. The maximum atomic E-state index is 5.29. The van der Waals surface area contributed by atoms with Crippen molar-refractivity contribution in [2.75, 3.05) is 4.90 Å². The van der Waals surface area contributed by atoms with Gasteiger partial charge in [0, 0.05) is 56.3 Å². The summed E-state index contributed by atoms with van der Waals surface area (Å²) in [5, 5.41) is 1.28. The molecule has 2 aliphatic carbocycles. The molecular formula is C45H32N4. The smallest absolute Gasteiger partial charge is 0.0973 e. The summed E-state index contributed by atoms with van der Waals surface area (Å²) >= 11 is 0. The molecule has 0 bridgehead atoms. The van der Waals surface area contributed by atoms with Gasteiger partial charge in [0.05, 0.1) is 22.4 Å². The first-order chi connectivity index (χ1) is 24.3. The molecule has 0 aliphatic heterocycles. The lowest BCUT2D eigenvalue weighted by Crippen LogP contribution is -2.09. The van der Waals surface area contributed by atoms with Crippen LogP contribution in [0.4, 0.5) is 17.1 Å². The molecule has 2 heterocycles. The zero-order valence-corrected chi connectivity index (χ0v) is 26.8. The molecule has 232 valence electrons. The van der Waals surface area contributed by atoms with Gasteiger partial charge in [-0.05, 0) is 78.1 Å². The highest BCUT2D eigenvalue weighted by molar-refractivity contribution is 5.96. The van der Waals surface area contributed by atoms with E-state index in [0.29, 0.717) is 11.8 Å². The van der Waals surface area contributed by atoms with Gasteiger partial charge in [-0.2, -0.15) is 0 Å². The summed E-state index contributed by atoms with van der Waals surface area (Å²) < 4.78 is 0. The van der Waals surface area contributed by atoms with Gasteiger partial charge in [-0.15, -0.1) is 0 Å². The van der Waals surface area contributed by atoms with Crippen LogP contribution in [0.25, 0.3) is 61.7 Å². The van der Waals surface area contributed by atoms with Crippen LogP contribution in [0.1, 0.15) is 23.6 Å². The van der Waals surface area contributed by atoms with Crippen molar-refractivity contribution in [2.24, 2.45) is 5.92 Å². The van der Waals surface area contributed by atoms with E-state index in [0.717, 1.165) is 61.7 Å². The van der Waals surface area contributed by atoms with Crippen molar-refractivity contribution >= 4 is 45.1 Å². The van der Waals surface area contributed by atoms with Gasteiger partial charge in [-0.1, -0.05) is 109 Å². The maximum Gasteiger partial charge on any atom is 0.0973 e. The van der Waals surface area contributed by atoms with E-state index < -0.39 is 0 Å². The monoisotopic (exact) mass is 628 g/mol. The Kier molecular flexibility index (Phi) is 6.34. The molecule has 0 radical (unpaired) electrons. The second kappa shape index (κ2) is 11.2. The fourth-order valence-corrected chi connectivity index (χ4v) is 7.47. The van der Waals surface area contributed by atoms with E-state index in [2.05, 4.69) is 162 Å². The predicted octanol–water partition coefficient (Wildman–Crippen LogP) is 11.7. The zero-order chi connectivity index (χ0) is 32.3. The van der Waals surface area contributed by atoms with Crippen LogP contribution in [0.3, 0.4) is 0 Å². The van der Waals surface area contributed by atoms with Gasteiger partial charge in [0.25, 0.3) is 0 Å². The zero-order valence-electron chi connectivity index (χ0n) is 26.8. The normalized spacial score (nSPS) is 16.0. The minimum Gasteiger partial charge on any atom is -0.358 e. The lowest BCUT2D eigenvalue weighted by atomic mass is 10.0. The Balaban J connectivity index is 1.09. The summed E-state index contributed by atoms with van der Waals surface area (Å²) in [5.41, 5.74) is 15.1. The molecule has 49 heavy (non-hydrogen) atoms. The van der Waals surface area contributed by atoms with E-state index >= 15 is 0 Å². The number of anilines is 3. The lowest BCUT2D eigenvalue weighted by molar-refractivity contribution is 0.962. The summed E-state index contributed by atoms with van der Waals surface area (Å²) in [4.78, 5) is 16.6. The van der Waals surface area contributed by atoms with Gasteiger partial charge in [-0.3, -0.25) is 0 Å². The first-order valence-corrected chi connectivity index (χ1v) is 17.0. The van der Waals surface area contributed by atoms with Gasteiger partial charge in [0.15, 0.2) is 0 Å². The van der Waals surface area contributed by atoms with Gasteiger partial charge in [0.1, 0.15) is 0 Å². The number of H-pyrrole nitrogens is 1. The maximum absolute atomic E-state index is 5.29. The summed E-state index contributed by atoms with van der Waals surface area (Å²) in [6.45, 7) is 0. The van der Waals surface area contributed by atoms with Crippen LogP contribution < -0.4 is 4.90 Å². The number of nitrogens with zero attached hydrogens (tertiary/aromatic N) is 3. The molecule has 1 N–H and O–H groups in total. The molecule has 6 aromatic carbocycles. The lowest BCUT2D eigenvalue weighted by Gasteiger charge is -2.26. The van der Waals surface area contributed by atoms with E-state index in [1.54, 1.807) is 0 Å². The summed E-state index contributed by atoms with van der Waals surface area (Å²) in [6.07, 6.45) is 5.97. The molecule has 2 atom stereocenters. The molecule has 8 aromatic rings. The average Bonchev–Trinajstić information content (AvgIpc) is 3.88. The number of nitrogens with one attached hydrogen (secondary N) is 1. The van der Waals surface area contributed by atoms with Crippen LogP contribution in [0.2, 0.25) is 0 Å². The van der Waals surface area contributed by atoms with Crippen molar-refractivity contribution in [3.63, 3.8) is 0 Å². The SMILES string of the molecule is C1=CC2CC2c2[nH]c3ccc(N(c4ccccc4)c4ccc(-c5nc6cc(-c7ccccc7)ccc6nc5-c5ccccc5)cc4)cc3c21. The topological polar surface area (TPSA) is 44.8 Å². The molecule has 10 rings (SSSR count). The summed E-state index contributed by atoms with van der Waals surface area (Å²) in [7, 11) is 0. The Morgan fingerprint density at radius 3 is 1.90 bits per heavy atom. The Labute approximate surface area is 285 Å². The molecule has 4 nitrogen and oxygen atoms in total. The third-order valence-electron chi connectivity index (χ3n) is 10.1. The molecule has 0 spiro atoms. The summed E-state index contributed by atoms with van der Waals surface area (Å²) in [5.74, 6) is 1.36. The van der Waals surface area contributed by atoms with Crippen LogP contribution in [0.5, 0.6) is 0 Å². The number of hydrogen-bond acceptors (Lipinski definition) is 3. The molecule has 1 saturated carbocycles. The van der Waals surface area contributed by atoms with Crippen molar-refractivity contribution in [3.8, 4) is 33.6 Å². The highest BCUT2D eigenvalue weighted by Crippen LogP contribution is 2.54. The van der Waals surface area contributed by atoms with Gasteiger partial charge in [-0.25, -0.2) is 9.97 Å². The average molecular weight is 629 g/mol. The molecule has 1 fully saturated rings. The Bertz CT molecular complexity index is 2520. The largest absolute Gasteiger partial charge is 0.358 e. The third-order valence-corrected chi connectivity index (χ3v) is 10.1. The number of benzene rings is 6. The fraction of sp³-hybridized carbons (Fsp3) is 0.0667. The number of rotatable bonds is 6. The molecule has 0 amide bonds. The minimum atomic E-state index is 0.650. The van der Waals surface area contributed by atoms with Crippen LogP contribution in [0.15, 0.2) is 158 Å². The van der Waals surface area contributed by atoms with Crippen molar-refractivity contribution < 1.29 is 0 Å². The van der Waals surface area contributed by atoms with E-state index in [-0.39, 0.29) is 0 Å². The molecule has 0 saturated heterocycles. The Hall–Kier alpha value is -6.26. The standard InChI is InChI=1S/C45H32N4/c1-4-10-29(11-5-1)32-19-24-41-42(27-32)48-44(43(47-41)30-12-6-2-7-13-30)31-16-20-35(21-17-31)49(34-14-8-3-9-15-34)36-22-25-40-39(28-36)37-23-18-33-26-38(33)45(37)46-40/h1-25,27-28,33,38,46H,26H2. The molecule has 4 heteroatoms. The van der Waals surface area contributed by atoms with Gasteiger partial charge in [0.2, 0.25) is 0 Å². The number of fused-ring (bicyclic) bond motifs is 6. The van der Waals surface area contributed by atoms with E-state index in [4.69, 9.17) is 9.97 Å². The fourth-order valence-electron chi connectivity index (χ4n) is 7.47. The van der Waals surface area contributed by atoms with Crippen LogP contribution in [-0.4, -0.2) is 15.0 Å². The second-order valence-corrected chi connectivity index (χ2v) is 13.1. The van der Waals surface area contributed by atoms with Crippen LogP contribution >= 0.6 is 0 Å². The first kappa shape index (κ1) is 27.8. The Morgan fingerprint density at radius 2 is 1.14 bits per heavy atom. The van der Waals surface area contributed by atoms with Gasteiger partial charge >= 0.3 is 0 Å². The number of aromatic amines is 1. The molecular weight excluding hydrogens is 597 g/mol. The van der Waals surface area contributed by atoms with Gasteiger partial charge < -0.3 is 9.88 Å². The molecule has 2 unspecified atom stereocenters. The van der Waals surface area contributed by atoms with Crippen molar-refractivity contribution in [1.82, 2.24) is 15.0 Å². The van der Waals surface area contributed by atoms with Crippen LogP contribution in [-0.2, 0) is 0 Å². The highest BCUT2D eigenvalue weighted by Gasteiger charge is 2.41. The number of allylic oxidation sites excluding steroid dienone is 1. The number of aromatic nitrogens is 3. The van der Waals surface area contributed by atoms with Crippen molar-refractivity contribution in [1.29, 1.82) is 0 Å². The second-order valence-electron chi connectivity index (χ2n) is 13.1. The predicted molar refractivity (Wildman–Crippen MR) is 202 cm³/mol. The Morgan fingerprint density at radius 1 is 0.531 bits per heavy atom. The van der Waals surface area contributed by atoms with Crippen molar-refractivity contribution in [2.45, 2.75) is 12.3 Å². The molecule has 2 aromatic heterocycles. The highest BCUT2D eigenvalue weighted by atomic mass is 15.1. The van der Waals surface area contributed by atoms with E-state index in [9.17, 15) is 0 Å². The van der Waals surface area contributed by atoms with E-state index in [1.165, 1.54) is 28.6 Å². The molecule has 2 aliphatic rings. The minimum absolute atomic E-state index is 0.650. The number of hydrogen-bond donors (Lipinski definition) is 1. The van der Waals surface area contributed by atoms with Crippen LogP contribution in [0, 0.1) is 5.92 Å². The quantitative estimate of drug-likeness (QED) is 0.199. The summed E-state index contributed by atoms with van der Waals surface area (Å²) in [6, 6.07) is 53.4. The first-order valence-electron chi connectivity index (χ1n) is 17.0. The number of para-hydroxylation sites is 1.